The van der Waals surface area contributed by atoms with E-state index in [1.54, 1.807) is 0 Å². The molecular weight excluding hydrogens is 334 g/mol. The minimum Gasteiger partial charge on any atom is -0.486 e. The Kier molecular flexibility index (Phi) is 5.87. The van der Waals surface area contributed by atoms with E-state index in [1.165, 1.54) is 31.2 Å². The molecule has 1 saturated carbocycles. The Balaban J connectivity index is 0.00000182. The van der Waals surface area contributed by atoms with Crippen LogP contribution in [0.3, 0.4) is 0 Å². The Hall–Kier alpha value is -1.71. The van der Waals surface area contributed by atoms with E-state index in [2.05, 4.69) is 35.6 Å². The number of halogens is 1. The lowest BCUT2D eigenvalue weighted by atomic mass is 9.79. The zero-order valence-corrected chi connectivity index (χ0v) is 15.3. The summed E-state index contributed by atoms with van der Waals surface area (Å²) in [5, 5.41) is 3.66. The summed E-state index contributed by atoms with van der Waals surface area (Å²) < 4.78 is 11.9. The van der Waals surface area contributed by atoms with Gasteiger partial charge in [-0.25, -0.2) is 0 Å². The fourth-order valence-electron chi connectivity index (χ4n) is 4.05. The summed E-state index contributed by atoms with van der Waals surface area (Å²) in [6.07, 6.45) is 5.28. The van der Waals surface area contributed by atoms with Crippen LogP contribution >= 0.6 is 12.4 Å². The van der Waals surface area contributed by atoms with Crippen LogP contribution in [0.4, 0.5) is 0 Å². The van der Waals surface area contributed by atoms with Crippen molar-refractivity contribution in [3.8, 4) is 11.5 Å². The van der Waals surface area contributed by atoms with E-state index in [-0.39, 0.29) is 23.9 Å². The van der Waals surface area contributed by atoms with Crippen molar-refractivity contribution in [2.45, 2.75) is 37.2 Å². The molecule has 1 aliphatic heterocycles. The molecule has 0 radical (unpaired) electrons. The van der Waals surface area contributed by atoms with Gasteiger partial charge in [0.15, 0.2) is 11.5 Å². The van der Waals surface area contributed by atoms with Gasteiger partial charge in [-0.05, 0) is 30.5 Å². The van der Waals surface area contributed by atoms with Crippen molar-refractivity contribution < 1.29 is 9.47 Å². The molecule has 0 amide bonds. The minimum atomic E-state index is 0. The number of para-hydroxylation sites is 2. The van der Waals surface area contributed by atoms with Crippen LogP contribution in [0.5, 0.6) is 11.5 Å². The highest BCUT2D eigenvalue weighted by Gasteiger charge is 2.35. The van der Waals surface area contributed by atoms with Crippen molar-refractivity contribution >= 4 is 12.4 Å². The van der Waals surface area contributed by atoms with Gasteiger partial charge in [0, 0.05) is 18.5 Å². The molecule has 1 heterocycles. The van der Waals surface area contributed by atoms with Crippen molar-refractivity contribution in [1.82, 2.24) is 5.32 Å². The first-order chi connectivity index (χ1) is 11.9. The first-order valence-electron chi connectivity index (χ1n) is 9.00. The molecule has 1 fully saturated rings. The molecule has 1 unspecified atom stereocenters. The molecule has 4 heteroatoms. The fraction of sp³-hybridized carbons (Fsp3) is 0.429. The maximum Gasteiger partial charge on any atom is 0.161 e. The van der Waals surface area contributed by atoms with Crippen LogP contribution in [0.15, 0.2) is 54.6 Å². The van der Waals surface area contributed by atoms with E-state index in [1.807, 2.05) is 24.3 Å². The Bertz CT molecular complexity index is 671. The van der Waals surface area contributed by atoms with E-state index < -0.39 is 0 Å². The van der Waals surface area contributed by atoms with Gasteiger partial charge in [0.25, 0.3) is 0 Å². The van der Waals surface area contributed by atoms with E-state index in [9.17, 15) is 0 Å². The minimum absolute atomic E-state index is 0. The van der Waals surface area contributed by atoms with Gasteiger partial charge in [0.1, 0.15) is 12.7 Å². The van der Waals surface area contributed by atoms with Gasteiger partial charge in [-0.15, -0.1) is 12.4 Å². The summed E-state index contributed by atoms with van der Waals surface area (Å²) in [6, 6.07) is 18.9. The molecule has 1 aliphatic carbocycles. The average Bonchev–Trinajstić information content (AvgIpc) is 3.12. The van der Waals surface area contributed by atoms with E-state index in [0.29, 0.717) is 6.61 Å². The smallest absolute Gasteiger partial charge is 0.161 e. The fourth-order valence-corrected chi connectivity index (χ4v) is 4.05. The summed E-state index contributed by atoms with van der Waals surface area (Å²) in [5.41, 5.74) is 1.76. The van der Waals surface area contributed by atoms with Gasteiger partial charge < -0.3 is 14.8 Å². The van der Waals surface area contributed by atoms with Gasteiger partial charge in [0.2, 0.25) is 0 Å². The second-order valence-corrected chi connectivity index (χ2v) is 6.98. The van der Waals surface area contributed by atoms with Crippen LogP contribution in [0.2, 0.25) is 0 Å². The second kappa shape index (κ2) is 8.11. The summed E-state index contributed by atoms with van der Waals surface area (Å²) in [4.78, 5) is 0. The normalized spacial score (nSPS) is 20.7. The monoisotopic (exact) mass is 359 g/mol. The highest BCUT2D eigenvalue weighted by atomic mass is 35.5. The Labute approximate surface area is 156 Å². The number of fused-ring (bicyclic) bond motifs is 1. The van der Waals surface area contributed by atoms with E-state index >= 15 is 0 Å². The number of ether oxygens (including phenoxy) is 2. The molecule has 2 aromatic carbocycles. The quantitative estimate of drug-likeness (QED) is 0.860. The molecule has 0 saturated heterocycles. The highest BCUT2D eigenvalue weighted by Crippen LogP contribution is 2.40. The highest BCUT2D eigenvalue weighted by molar-refractivity contribution is 5.85. The molecule has 2 aliphatic rings. The number of rotatable bonds is 5. The molecule has 0 aromatic heterocycles. The lowest BCUT2D eigenvalue weighted by Gasteiger charge is -2.32. The van der Waals surface area contributed by atoms with E-state index in [0.717, 1.165) is 24.6 Å². The average molecular weight is 360 g/mol. The van der Waals surface area contributed by atoms with Gasteiger partial charge >= 0.3 is 0 Å². The summed E-state index contributed by atoms with van der Waals surface area (Å²) in [6.45, 7) is 2.45. The number of benzene rings is 2. The molecule has 1 atom stereocenters. The number of hydrogen-bond donors (Lipinski definition) is 1. The lowest BCUT2D eigenvalue weighted by Crippen LogP contribution is -2.43. The molecule has 1 N–H and O–H groups in total. The third kappa shape index (κ3) is 3.94. The van der Waals surface area contributed by atoms with Crippen LogP contribution in [-0.4, -0.2) is 25.8 Å². The third-order valence-electron chi connectivity index (χ3n) is 5.35. The van der Waals surface area contributed by atoms with Crippen molar-refractivity contribution in [3.63, 3.8) is 0 Å². The molecular formula is C21H26ClNO2. The van der Waals surface area contributed by atoms with Crippen LogP contribution in [0.1, 0.15) is 31.2 Å². The molecule has 3 nitrogen and oxygen atoms in total. The maximum absolute atomic E-state index is 6.05. The van der Waals surface area contributed by atoms with Gasteiger partial charge in [-0.1, -0.05) is 55.3 Å². The molecule has 4 rings (SSSR count). The van der Waals surface area contributed by atoms with Crippen LogP contribution in [0, 0.1) is 0 Å². The van der Waals surface area contributed by atoms with Crippen LogP contribution < -0.4 is 14.8 Å². The maximum atomic E-state index is 6.05. The Morgan fingerprint density at radius 1 is 0.920 bits per heavy atom. The molecule has 2 aromatic rings. The summed E-state index contributed by atoms with van der Waals surface area (Å²) in [7, 11) is 0. The zero-order chi connectivity index (χ0) is 16.2. The number of nitrogens with one attached hydrogen (secondary N) is 1. The topological polar surface area (TPSA) is 30.5 Å². The molecule has 0 spiro atoms. The van der Waals surface area contributed by atoms with Crippen LogP contribution in [0.25, 0.3) is 0 Å². The standard InChI is InChI=1S/C21H25NO2.ClH/c1-2-8-17(9-3-1)21(12-6-7-13-21)16-22-14-18-15-23-19-10-4-5-11-20(19)24-18;/h1-5,8-11,18,22H,6-7,12-16H2;1H. The van der Waals surface area contributed by atoms with Gasteiger partial charge in [-0.3, -0.25) is 0 Å². The van der Waals surface area contributed by atoms with Crippen molar-refractivity contribution in [2.24, 2.45) is 0 Å². The van der Waals surface area contributed by atoms with Gasteiger partial charge in [0.05, 0.1) is 0 Å². The van der Waals surface area contributed by atoms with Crippen LogP contribution in [-0.2, 0) is 5.41 Å². The molecule has 25 heavy (non-hydrogen) atoms. The first-order valence-corrected chi connectivity index (χ1v) is 9.00. The predicted octanol–water partition coefficient (Wildman–Crippen LogP) is 4.35. The Morgan fingerprint density at radius 2 is 1.60 bits per heavy atom. The van der Waals surface area contributed by atoms with Crippen molar-refractivity contribution in [2.75, 3.05) is 19.7 Å². The molecule has 0 bridgehead atoms. The second-order valence-electron chi connectivity index (χ2n) is 6.98. The van der Waals surface area contributed by atoms with Gasteiger partial charge in [-0.2, -0.15) is 0 Å². The molecule has 134 valence electrons. The largest absolute Gasteiger partial charge is 0.486 e. The summed E-state index contributed by atoms with van der Waals surface area (Å²) in [5.74, 6) is 1.71. The Morgan fingerprint density at radius 3 is 2.36 bits per heavy atom. The lowest BCUT2D eigenvalue weighted by molar-refractivity contribution is 0.0892. The third-order valence-corrected chi connectivity index (χ3v) is 5.35. The number of hydrogen-bond acceptors (Lipinski definition) is 3. The van der Waals surface area contributed by atoms with Crippen molar-refractivity contribution in [3.05, 3.63) is 60.2 Å². The zero-order valence-electron chi connectivity index (χ0n) is 14.4. The van der Waals surface area contributed by atoms with E-state index in [4.69, 9.17) is 9.47 Å². The predicted molar refractivity (Wildman–Crippen MR) is 103 cm³/mol. The summed E-state index contributed by atoms with van der Waals surface area (Å²) >= 11 is 0. The SMILES string of the molecule is Cl.c1ccc(C2(CNCC3COc4ccccc4O3)CCCC2)cc1. The first kappa shape index (κ1) is 18.1. The van der Waals surface area contributed by atoms with Crippen molar-refractivity contribution in [1.29, 1.82) is 0 Å².